The molecule has 5 rings (SSSR count). The van der Waals surface area contributed by atoms with Gasteiger partial charge in [-0.2, -0.15) is 19.4 Å². The molecule has 3 heterocycles. The minimum atomic E-state index is -4.57. The third kappa shape index (κ3) is 13.0. The summed E-state index contributed by atoms with van der Waals surface area (Å²) in [6, 6.07) is 9.43. The summed E-state index contributed by atoms with van der Waals surface area (Å²) in [6.07, 6.45) is 11.3. The number of fused-ring (bicyclic) bond motifs is 1. The highest BCUT2D eigenvalue weighted by molar-refractivity contribution is 7.52. The second kappa shape index (κ2) is 21.1. The number of esters is 1. The van der Waals surface area contributed by atoms with Crippen LogP contribution in [0.15, 0.2) is 54.9 Å². The van der Waals surface area contributed by atoms with E-state index in [9.17, 15) is 27.6 Å². The lowest BCUT2D eigenvalue weighted by atomic mass is 10.0. The number of aromatic nitrogens is 4. The fourth-order valence-corrected chi connectivity index (χ4v) is 8.36. The molecule has 0 bridgehead atoms. The molecule has 4 N–H and O–H groups in total. The average molecular weight is 819 g/mol. The van der Waals surface area contributed by atoms with E-state index in [2.05, 4.69) is 27.0 Å². The number of imidazole rings is 1. The summed E-state index contributed by atoms with van der Waals surface area (Å²) >= 11 is 0. The maximum Gasteiger partial charge on any atom is 0.459 e. The van der Waals surface area contributed by atoms with Gasteiger partial charge in [0.05, 0.1) is 25.6 Å². The summed E-state index contributed by atoms with van der Waals surface area (Å²) in [4.78, 5) is 25.1. The Morgan fingerprint density at radius 2 is 1.63 bits per heavy atom. The molecule has 0 amide bonds. The summed E-state index contributed by atoms with van der Waals surface area (Å²) < 4.78 is 82.2. The van der Waals surface area contributed by atoms with Crippen molar-refractivity contribution in [1.82, 2.24) is 24.6 Å². The number of aliphatic hydroxyl groups is 1. The molecule has 57 heavy (non-hydrogen) atoms. The number of para-hydroxylation sites is 1. The van der Waals surface area contributed by atoms with Gasteiger partial charge in [0.15, 0.2) is 17.0 Å². The number of nitrogens with one attached hydrogen (secondary N) is 1. The minimum Gasteiger partial charge on any atom is -0.465 e. The number of nitrogens with two attached hydrogens (primary N) is 1. The average Bonchev–Trinajstić information content (AvgIpc) is 3.72. The van der Waals surface area contributed by atoms with E-state index in [4.69, 9.17) is 24.3 Å². The van der Waals surface area contributed by atoms with Gasteiger partial charge >= 0.3 is 19.8 Å². The predicted octanol–water partition coefficient (Wildman–Crippen LogP) is 8.51. The first-order valence-corrected chi connectivity index (χ1v) is 21.3. The van der Waals surface area contributed by atoms with Crippen LogP contribution in [0, 0.1) is 17.7 Å². The van der Waals surface area contributed by atoms with Gasteiger partial charge in [0.1, 0.15) is 35.3 Å². The van der Waals surface area contributed by atoms with Crippen molar-refractivity contribution >= 4 is 30.7 Å². The maximum absolute atomic E-state index is 14.6. The van der Waals surface area contributed by atoms with Crippen molar-refractivity contribution in [3.63, 3.8) is 0 Å². The number of nitrogens with zero attached hydrogens (tertiary/aromatic N) is 4. The Labute approximate surface area is 331 Å². The van der Waals surface area contributed by atoms with Crippen LogP contribution >= 0.6 is 7.75 Å². The van der Waals surface area contributed by atoms with Gasteiger partial charge in [0.2, 0.25) is 0 Å². The predicted molar refractivity (Wildman–Crippen MR) is 208 cm³/mol. The van der Waals surface area contributed by atoms with Crippen molar-refractivity contribution in [2.24, 2.45) is 0 Å². The van der Waals surface area contributed by atoms with Gasteiger partial charge in [-0.3, -0.25) is 13.9 Å². The Balaban J connectivity index is 1.25. The van der Waals surface area contributed by atoms with E-state index in [-0.39, 0.29) is 47.7 Å². The fraction of sp³-hybridized carbons (Fsp3) is 0.550. The SMILES string of the molecule is CCCCCCCCCCCCCCOC(=O)[C@H](Cc1cc(F)cc(F)c1)N[P@](=O)(OC[C@@]1(C)O[C@@H](n2cnc3c(N)nc(F)nc32)C[C@@H]1O)Oc1ccccc1. The largest absolute Gasteiger partial charge is 0.465 e. The summed E-state index contributed by atoms with van der Waals surface area (Å²) in [5.74, 6) is -2.59. The zero-order valence-corrected chi connectivity index (χ0v) is 33.5. The monoisotopic (exact) mass is 818 g/mol. The van der Waals surface area contributed by atoms with Crippen molar-refractivity contribution in [1.29, 1.82) is 0 Å². The van der Waals surface area contributed by atoms with Crippen LogP contribution in [0.3, 0.4) is 0 Å². The molecule has 17 heteroatoms. The number of anilines is 1. The Kier molecular flexibility index (Phi) is 16.3. The van der Waals surface area contributed by atoms with E-state index in [0.29, 0.717) is 12.5 Å². The van der Waals surface area contributed by atoms with Gasteiger partial charge < -0.3 is 24.8 Å². The minimum absolute atomic E-state index is 0.0205. The van der Waals surface area contributed by atoms with E-state index in [1.165, 1.54) is 74.9 Å². The molecule has 2 aromatic heterocycles. The molecule has 2 aromatic carbocycles. The molecule has 1 aliphatic rings. The second-order valence-corrected chi connectivity index (χ2v) is 16.4. The molecule has 0 saturated carbocycles. The van der Waals surface area contributed by atoms with Crippen molar-refractivity contribution in [3.8, 4) is 5.75 Å². The fourth-order valence-electron chi connectivity index (χ4n) is 6.78. The highest BCUT2D eigenvalue weighted by Gasteiger charge is 2.48. The van der Waals surface area contributed by atoms with Gasteiger partial charge in [-0.25, -0.2) is 18.3 Å². The number of rotatable bonds is 24. The molecule has 1 fully saturated rings. The molecule has 4 aromatic rings. The number of nitrogen functional groups attached to an aromatic ring is 1. The number of benzene rings is 2. The van der Waals surface area contributed by atoms with Gasteiger partial charge in [0, 0.05) is 12.5 Å². The molecule has 0 radical (unpaired) electrons. The quantitative estimate of drug-likeness (QED) is 0.0267. The zero-order valence-electron chi connectivity index (χ0n) is 32.6. The lowest BCUT2D eigenvalue weighted by Crippen LogP contribution is -2.43. The second-order valence-electron chi connectivity index (χ2n) is 14.7. The van der Waals surface area contributed by atoms with Crippen LogP contribution in [0.2, 0.25) is 0 Å². The Bertz CT molecular complexity index is 1920. The third-order valence-electron chi connectivity index (χ3n) is 9.96. The van der Waals surface area contributed by atoms with E-state index in [1.54, 1.807) is 18.2 Å². The standard InChI is InChI=1S/C40H54F3N6O7P/c1-3-4-5-6-7-8-9-10-11-12-13-17-20-53-38(51)32(23-28-21-29(41)24-30(42)22-28)48-57(52,56-31-18-15-14-16-19-31)54-26-40(2)33(50)25-34(55-40)49-27-45-35-36(44)46-39(43)47-37(35)49/h14-16,18-19,21-22,24,27,32-34,50H,3-13,17,20,23,25-26H2,1-2H3,(H,48,52)(H2,44,46,47)/t32-,33-,34+,40+,57-/m0/s1. The van der Waals surface area contributed by atoms with Crippen LogP contribution in [0.5, 0.6) is 5.75 Å². The molecule has 0 unspecified atom stereocenters. The van der Waals surface area contributed by atoms with Crippen molar-refractivity contribution in [3.05, 3.63) is 78.1 Å². The number of carbonyl (C=O) groups is 1. The van der Waals surface area contributed by atoms with Crippen LogP contribution in [-0.2, 0) is 29.8 Å². The molecule has 1 saturated heterocycles. The first kappa shape index (κ1) is 44.0. The number of aliphatic hydroxyl groups excluding tert-OH is 1. The molecular weight excluding hydrogens is 764 g/mol. The van der Waals surface area contributed by atoms with Gasteiger partial charge in [-0.15, -0.1) is 0 Å². The lowest BCUT2D eigenvalue weighted by molar-refractivity contribution is -0.146. The molecule has 0 aliphatic carbocycles. The first-order chi connectivity index (χ1) is 27.4. The summed E-state index contributed by atoms with van der Waals surface area (Å²) in [6.45, 7) is 3.28. The molecule has 1 aliphatic heterocycles. The van der Waals surface area contributed by atoms with Crippen LogP contribution in [-0.4, -0.2) is 61.6 Å². The number of ether oxygens (including phenoxy) is 2. The zero-order chi connectivity index (χ0) is 40.8. The first-order valence-electron chi connectivity index (χ1n) is 19.8. The van der Waals surface area contributed by atoms with Gasteiger partial charge in [0.25, 0.3) is 0 Å². The van der Waals surface area contributed by atoms with Gasteiger partial charge in [-0.1, -0.05) is 95.8 Å². The van der Waals surface area contributed by atoms with Crippen molar-refractivity contribution in [2.75, 3.05) is 18.9 Å². The number of carbonyl (C=O) groups excluding carboxylic acids is 1. The Hall–Kier alpha value is -4.08. The van der Waals surface area contributed by atoms with Crippen LogP contribution in [0.25, 0.3) is 11.2 Å². The number of unbranched alkanes of at least 4 members (excludes halogenated alkanes) is 11. The highest BCUT2D eigenvalue weighted by Crippen LogP contribution is 2.48. The summed E-state index contributed by atoms with van der Waals surface area (Å²) in [5, 5.41) is 13.8. The van der Waals surface area contributed by atoms with Gasteiger partial charge in [-0.05, 0) is 49.6 Å². The summed E-state index contributed by atoms with van der Waals surface area (Å²) in [5.41, 5.74) is 4.56. The summed E-state index contributed by atoms with van der Waals surface area (Å²) in [7, 11) is -4.57. The van der Waals surface area contributed by atoms with E-state index in [0.717, 1.165) is 37.8 Å². The van der Waals surface area contributed by atoms with E-state index >= 15 is 0 Å². The molecular formula is C40H54F3N6O7P. The number of hydrogen-bond acceptors (Lipinski definition) is 11. The number of halogens is 3. The normalized spacial score (nSPS) is 19.8. The third-order valence-corrected chi connectivity index (χ3v) is 11.5. The van der Waals surface area contributed by atoms with Crippen LogP contribution < -0.4 is 15.3 Å². The van der Waals surface area contributed by atoms with E-state index < -0.39 is 62.0 Å². The lowest BCUT2D eigenvalue weighted by Gasteiger charge is -2.31. The van der Waals surface area contributed by atoms with Crippen LogP contribution in [0.4, 0.5) is 19.0 Å². The topological polar surface area (TPSA) is 173 Å². The molecule has 5 atom stereocenters. The smallest absolute Gasteiger partial charge is 0.459 e. The van der Waals surface area contributed by atoms with Crippen molar-refractivity contribution in [2.45, 2.75) is 128 Å². The maximum atomic E-state index is 14.6. The molecule has 312 valence electrons. The van der Waals surface area contributed by atoms with E-state index in [1.807, 2.05) is 0 Å². The Morgan fingerprint density at radius 1 is 1.00 bits per heavy atom. The Morgan fingerprint density at radius 3 is 2.28 bits per heavy atom. The number of hydrogen-bond donors (Lipinski definition) is 3. The van der Waals surface area contributed by atoms with Crippen LogP contribution in [0.1, 0.15) is 109 Å². The molecule has 0 spiro atoms. The van der Waals surface area contributed by atoms with Crippen molar-refractivity contribution < 1.29 is 46.2 Å². The molecule has 13 nitrogen and oxygen atoms in total. The highest BCUT2D eigenvalue weighted by atomic mass is 31.2.